The number of ether oxygens (including phenoxy) is 3. The van der Waals surface area contributed by atoms with Crippen LogP contribution in [0.5, 0.6) is 11.5 Å². The average molecular weight is 411 g/mol. The Morgan fingerprint density at radius 3 is 2.67 bits per heavy atom. The van der Waals surface area contributed by atoms with Gasteiger partial charge in [-0.1, -0.05) is 29.8 Å². The van der Waals surface area contributed by atoms with Crippen molar-refractivity contribution in [2.24, 2.45) is 5.92 Å². The molecule has 0 aromatic heterocycles. The molecule has 2 aliphatic rings. The van der Waals surface area contributed by atoms with E-state index in [4.69, 9.17) is 14.2 Å². The SMILES string of the molecule is Cc1ccc([C@@H](CCC[NH2+]Cc2ccc3c(c2)OCO3)[C@@H]2CCOC(C)(C)C2)cc1. The number of quaternary nitrogens is 1. The van der Waals surface area contributed by atoms with E-state index in [1.807, 2.05) is 6.07 Å². The van der Waals surface area contributed by atoms with Crippen LogP contribution in [0, 0.1) is 12.8 Å². The first-order valence-electron chi connectivity index (χ1n) is 11.4. The van der Waals surface area contributed by atoms with Crippen LogP contribution < -0.4 is 14.8 Å². The molecule has 0 spiro atoms. The monoisotopic (exact) mass is 410 g/mol. The van der Waals surface area contributed by atoms with Crippen molar-refractivity contribution in [1.29, 1.82) is 0 Å². The van der Waals surface area contributed by atoms with Crippen LogP contribution in [-0.2, 0) is 11.3 Å². The Balaban J connectivity index is 1.32. The van der Waals surface area contributed by atoms with Gasteiger partial charge in [-0.3, -0.25) is 0 Å². The maximum Gasteiger partial charge on any atom is 0.231 e. The van der Waals surface area contributed by atoms with Gasteiger partial charge in [-0.15, -0.1) is 0 Å². The number of benzene rings is 2. The zero-order valence-electron chi connectivity index (χ0n) is 18.7. The summed E-state index contributed by atoms with van der Waals surface area (Å²) in [5.41, 5.74) is 4.12. The minimum Gasteiger partial charge on any atom is -0.454 e. The van der Waals surface area contributed by atoms with Crippen LogP contribution >= 0.6 is 0 Å². The summed E-state index contributed by atoms with van der Waals surface area (Å²) in [5.74, 6) is 3.06. The summed E-state index contributed by atoms with van der Waals surface area (Å²) in [4.78, 5) is 0. The van der Waals surface area contributed by atoms with Crippen LogP contribution in [-0.4, -0.2) is 25.5 Å². The number of fused-ring (bicyclic) bond motifs is 1. The van der Waals surface area contributed by atoms with Crippen LogP contribution in [0.4, 0.5) is 0 Å². The Morgan fingerprint density at radius 2 is 1.87 bits per heavy atom. The van der Waals surface area contributed by atoms with E-state index >= 15 is 0 Å². The van der Waals surface area contributed by atoms with Crippen molar-refractivity contribution in [1.82, 2.24) is 0 Å². The Morgan fingerprint density at radius 1 is 1.07 bits per heavy atom. The second kappa shape index (κ2) is 9.40. The number of nitrogens with two attached hydrogens (primary N) is 1. The molecular weight excluding hydrogens is 374 g/mol. The molecule has 2 aliphatic heterocycles. The normalized spacial score (nSPS) is 20.8. The fourth-order valence-corrected chi connectivity index (χ4v) is 4.93. The number of hydrogen-bond donors (Lipinski definition) is 1. The van der Waals surface area contributed by atoms with Crippen molar-refractivity contribution in [2.45, 2.75) is 64.5 Å². The molecule has 1 saturated heterocycles. The molecule has 2 aromatic carbocycles. The van der Waals surface area contributed by atoms with Gasteiger partial charge in [0, 0.05) is 12.2 Å². The fourth-order valence-electron chi connectivity index (χ4n) is 4.93. The third kappa shape index (κ3) is 5.35. The molecule has 2 aromatic rings. The van der Waals surface area contributed by atoms with Crippen molar-refractivity contribution >= 4 is 0 Å². The van der Waals surface area contributed by atoms with E-state index < -0.39 is 0 Å². The molecule has 4 nitrogen and oxygen atoms in total. The minimum atomic E-state index is -0.00264. The van der Waals surface area contributed by atoms with E-state index in [0.717, 1.165) is 37.6 Å². The quantitative estimate of drug-likeness (QED) is 0.649. The summed E-state index contributed by atoms with van der Waals surface area (Å²) in [7, 11) is 0. The lowest BCUT2D eigenvalue weighted by Crippen LogP contribution is -2.82. The number of aryl methyl sites for hydroxylation is 1. The summed E-state index contributed by atoms with van der Waals surface area (Å²) < 4.78 is 16.9. The summed E-state index contributed by atoms with van der Waals surface area (Å²) >= 11 is 0. The van der Waals surface area contributed by atoms with E-state index in [1.165, 1.54) is 36.0 Å². The lowest BCUT2D eigenvalue weighted by molar-refractivity contribution is -0.671. The van der Waals surface area contributed by atoms with Crippen molar-refractivity contribution in [3.05, 3.63) is 59.2 Å². The predicted octanol–water partition coefficient (Wildman–Crippen LogP) is 4.56. The van der Waals surface area contributed by atoms with Gasteiger partial charge in [0.1, 0.15) is 6.54 Å². The highest BCUT2D eigenvalue weighted by molar-refractivity contribution is 5.44. The summed E-state index contributed by atoms with van der Waals surface area (Å²) in [6, 6.07) is 15.5. The Hall–Kier alpha value is -2.04. The molecule has 162 valence electrons. The first kappa shape index (κ1) is 21.2. The molecule has 4 rings (SSSR count). The van der Waals surface area contributed by atoms with E-state index in [-0.39, 0.29) is 5.60 Å². The van der Waals surface area contributed by atoms with Crippen LogP contribution in [0.15, 0.2) is 42.5 Å². The van der Waals surface area contributed by atoms with Crippen LogP contribution in [0.3, 0.4) is 0 Å². The third-order valence-corrected chi connectivity index (χ3v) is 6.55. The maximum absolute atomic E-state index is 6.00. The average Bonchev–Trinajstić information content (AvgIpc) is 3.19. The van der Waals surface area contributed by atoms with Gasteiger partial charge in [-0.25, -0.2) is 0 Å². The maximum atomic E-state index is 6.00. The van der Waals surface area contributed by atoms with Crippen molar-refractivity contribution in [3.8, 4) is 11.5 Å². The van der Waals surface area contributed by atoms with Crippen molar-refractivity contribution in [3.63, 3.8) is 0 Å². The predicted molar refractivity (Wildman–Crippen MR) is 119 cm³/mol. The van der Waals surface area contributed by atoms with E-state index in [2.05, 4.69) is 62.5 Å². The van der Waals surface area contributed by atoms with Gasteiger partial charge < -0.3 is 19.5 Å². The van der Waals surface area contributed by atoms with Crippen molar-refractivity contribution < 1.29 is 19.5 Å². The molecule has 2 N–H and O–H groups in total. The van der Waals surface area contributed by atoms with Gasteiger partial charge >= 0.3 is 0 Å². The smallest absolute Gasteiger partial charge is 0.231 e. The number of rotatable bonds is 8. The molecule has 4 heteroatoms. The molecule has 1 fully saturated rings. The van der Waals surface area contributed by atoms with Crippen LogP contribution in [0.2, 0.25) is 0 Å². The fraction of sp³-hybridized carbons (Fsp3) is 0.538. The highest BCUT2D eigenvalue weighted by atomic mass is 16.7. The summed E-state index contributed by atoms with van der Waals surface area (Å²) in [5, 5.41) is 2.41. The number of hydrogen-bond acceptors (Lipinski definition) is 3. The first-order valence-corrected chi connectivity index (χ1v) is 11.4. The lowest BCUT2D eigenvalue weighted by Gasteiger charge is -2.39. The van der Waals surface area contributed by atoms with Crippen LogP contribution in [0.1, 0.15) is 62.1 Å². The highest BCUT2D eigenvalue weighted by Crippen LogP contribution is 2.40. The lowest BCUT2D eigenvalue weighted by atomic mass is 9.74. The molecule has 0 aliphatic carbocycles. The molecule has 0 bridgehead atoms. The molecular formula is C26H36NO3+. The molecule has 30 heavy (non-hydrogen) atoms. The second-order valence-electron chi connectivity index (χ2n) is 9.49. The van der Waals surface area contributed by atoms with Crippen LogP contribution in [0.25, 0.3) is 0 Å². The third-order valence-electron chi connectivity index (χ3n) is 6.55. The molecule has 0 saturated carbocycles. The van der Waals surface area contributed by atoms with E-state index in [9.17, 15) is 0 Å². The van der Waals surface area contributed by atoms with Gasteiger partial charge in [-0.05, 0) is 82.1 Å². The van der Waals surface area contributed by atoms with E-state index in [1.54, 1.807) is 0 Å². The Labute approximate surface area is 180 Å². The van der Waals surface area contributed by atoms with Crippen molar-refractivity contribution in [2.75, 3.05) is 19.9 Å². The largest absolute Gasteiger partial charge is 0.454 e. The van der Waals surface area contributed by atoms with Gasteiger partial charge in [0.2, 0.25) is 6.79 Å². The zero-order valence-corrected chi connectivity index (χ0v) is 18.7. The van der Waals surface area contributed by atoms with Gasteiger partial charge in [0.25, 0.3) is 0 Å². The summed E-state index contributed by atoms with van der Waals surface area (Å²) in [6.07, 6.45) is 4.78. The zero-order chi connectivity index (χ0) is 21.0. The molecule has 0 amide bonds. The highest BCUT2D eigenvalue weighted by Gasteiger charge is 2.34. The topological polar surface area (TPSA) is 44.3 Å². The Bertz CT molecular complexity index is 831. The Kier molecular flexibility index (Phi) is 6.64. The van der Waals surface area contributed by atoms with E-state index in [0.29, 0.717) is 18.6 Å². The molecule has 0 radical (unpaired) electrons. The van der Waals surface area contributed by atoms with Gasteiger partial charge in [0.05, 0.1) is 12.1 Å². The molecule has 2 atom stereocenters. The minimum absolute atomic E-state index is 0.00264. The standard InChI is InChI=1S/C26H35NO3/c1-19-6-9-21(10-7-19)23(22-12-14-30-26(2,3)16-22)5-4-13-27-17-20-8-11-24-25(15-20)29-18-28-24/h6-11,15,22-23,27H,4-5,12-14,16-18H2,1-3H3/p+1/t22-,23-/m1/s1. The second-order valence-corrected chi connectivity index (χ2v) is 9.49. The molecule has 0 unspecified atom stereocenters. The first-order chi connectivity index (χ1) is 14.5. The van der Waals surface area contributed by atoms with Gasteiger partial charge in [0.15, 0.2) is 11.5 Å². The summed E-state index contributed by atoms with van der Waals surface area (Å²) in [6.45, 7) is 10.00. The molecule has 2 heterocycles. The van der Waals surface area contributed by atoms with Gasteiger partial charge in [-0.2, -0.15) is 0 Å².